The average Bonchev–Trinajstić information content (AvgIpc) is 3.28. The van der Waals surface area contributed by atoms with E-state index < -0.39 is 0 Å². The molecule has 0 rings (SSSR count). The SMILES string of the molecule is CCCCCCCCCCCCCCCCCCC(=CC(C)CC(C)COC(=O)CCCN(C)C)CCCCCCCC=C(CCCCCCCCCC)CCCCCCCCCCC. The van der Waals surface area contributed by atoms with Gasteiger partial charge >= 0.3 is 5.97 Å². The van der Waals surface area contributed by atoms with Crippen LogP contribution in [0.1, 0.15) is 330 Å². The fourth-order valence-electron chi connectivity index (χ4n) is 10.0. The first-order valence-corrected chi connectivity index (χ1v) is 30.0. The van der Waals surface area contributed by atoms with Gasteiger partial charge in [0.15, 0.2) is 0 Å². The van der Waals surface area contributed by atoms with Gasteiger partial charge in [-0.15, -0.1) is 0 Å². The van der Waals surface area contributed by atoms with Crippen molar-refractivity contribution < 1.29 is 9.53 Å². The van der Waals surface area contributed by atoms with Crippen molar-refractivity contribution in [3.05, 3.63) is 23.3 Å². The Kier molecular flexibility index (Phi) is 51.4. The predicted octanol–water partition coefficient (Wildman–Crippen LogP) is 21.2. The smallest absolute Gasteiger partial charge is 0.305 e. The van der Waals surface area contributed by atoms with Crippen molar-refractivity contribution in [1.29, 1.82) is 0 Å². The minimum absolute atomic E-state index is 0.0320. The number of carbonyl (C=O) groups is 1. The molecule has 0 aliphatic rings. The topological polar surface area (TPSA) is 29.5 Å². The van der Waals surface area contributed by atoms with Crippen molar-refractivity contribution >= 4 is 5.97 Å². The van der Waals surface area contributed by atoms with Gasteiger partial charge in [0.1, 0.15) is 0 Å². The maximum atomic E-state index is 12.3. The van der Waals surface area contributed by atoms with Crippen LogP contribution in [-0.2, 0) is 9.53 Å². The molecule has 0 aliphatic heterocycles. The molecule has 0 aromatic heterocycles. The van der Waals surface area contributed by atoms with Crippen LogP contribution >= 0.6 is 0 Å². The van der Waals surface area contributed by atoms with E-state index in [1.165, 1.54) is 276 Å². The molecule has 0 radical (unpaired) electrons. The van der Waals surface area contributed by atoms with Crippen LogP contribution in [0.15, 0.2) is 23.3 Å². The van der Waals surface area contributed by atoms with E-state index in [0.29, 0.717) is 24.9 Å². The molecule has 0 fully saturated rings. The third-order valence-corrected chi connectivity index (χ3v) is 14.2. The minimum Gasteiger partial charge on any atom is -0.465 e. The molecule has 3 heteroatoms. The summed E-state index contributed by atoms with van der Waals surface area (Å²) in [5.41, 5.74) is 3.50. The van der Waals surface area contributed by atoms with E-state index in [9.17, 15) is 4.79 Å². The number of carbonyl (C=O) groups excluding carboxylic acids is 1. The zero-order valence-electron chi connectivity index (χ0n) is 46.0. The first-order chi connectivity index (χ1) is 31.8. The van der Waals surface area contributed by atoms with Crippen molar-refractivity contribution in [3.63, 3.8) is 0 Å². The molecule has 3 nitrogen and oxygen atoms in total. The first-order valence-electron chi connectivity index (χ1n) is 30.0. The summed E-state index contributed by atoms with van der Waals surface area (Å²) < 4.78 is 5.69. The number of unbranched alkanes of at least 4 members (excludes halogenated alkanes) is 35. The Hall–Kier alpha value is -1.09. The standard InChI is InChI=1S/C62H121NO2/c1-8-11-14-17-20-23-24-25-26-27-28-29-31-34-40-45-51-61(56-58(4)55-59(5)57-65-62(64)53-47-54-63(6)7)52-46-41-36-35-39-44-50-60(48-42-37-32-22-19-16-13-10-3)49-43-38-33-30-21-18-15-12-9-2/h50,56,58-59H,8-49,51-55,57H2,1-7H3. The summed E-state index contributed by atoms with van der Waals surface area (Å²) in [7, 11) is 4.12. The summed E-state index contributed by atoms with van der Waals surface area (Å²) in [5, 5.41) is 0. The molecule has 0 aromatic rings. The Morgan fingerprint density at radius 2 is 0.738 bits per heavy atom. The molecule has 0 spiro atoms. The maximum absolute atomic E-state index is 12.3. The van der Waals surface area contributed by atoms with Crippen LogP contribution in [0.5, 0.6) is 0 Å². The van der Waals surface area contributed by atoms with Gasteiger partial charge in [0.05, 0.1) is 6.61 Å². The van der Waals surface area contributed by atoms with E-state index in [4.69, 9.17) is 4.74 Å². The van der Waals surface area contributed by atoms with Gasteiger partial charge in [-0.3, -0.25) is 4.79 Å². The highest BCUT2D eigenvalue weighted by Crippen LogP contribution is 2.25. The molecule has 0 aliphatic carbocycles. The van der Waals surface area contributed by atoms with Gasteiger partial charge in [-0.25, -0.2) is 0 Å². The zero-order valence-corrected chi connectivity index (χ0v) is 46.0. The summed E-state index contributed by atoms with van der Waals surface area (Å²) >= 11 is 0. The Labute approximate surface area is 411 Å². The second kappa shape index (κ2) is 52.3. The van der Waals surface area contributed by atoms with Gasteiger partial charge in [0.2, 0.25) is 0 Å². The molecular formula is C62H121NO2. The normalized spacial score (nSPS) is 13.3. The van der Waals surface area contributed by atoms with Crippen molar-refractivity contribution in [3.8, 4) is 0 Å². The number of esters is 1. The van der Waals surface area contributed by atoms with Gasteiger partial charge in [0.25, 0.3) is 0 Å². The molecule has 0 heterocycles. The molecule has 2 unspecified atom stereocenters. The fraction of sp³-hybridized carbons (Fsp3) is 0.919. The van der Waals surface area contributed by atoms with Crippen molar-refractivity contribution in [2.75, 3.05) is 27.2 Å². The summed E-state index contributed by atoms with van der Waals surface area (Å²) in [6.45, 7) is 13.1. The second-order valence-electron chi connectivity index (χ2n) is 21.8. The number of hydrogen-bond acceptors (Lipinski definition) is 3. The third kappa shape index (κ3) is 50.6. The van der Waals surface area contributed by atoms with Gasteiger partial charge in [-0.1, -0.05) is 270 Å². The lowest BCUT2D eigenvalue weighted by Gasteiger charge is -2.17. The molecule has 386 valence electrons. The molecule has 0 N–H and O–H groups in total. The van der Waals surface area contributed by atoms with Crippen LogP contribution in [0.4, 0.5) is 0 Å². The highest BCUT2D eigenvalue weighted by atomic mass is 16.5. The van der Waals surface area contributed by atoms with E-state index in [1.807, 2.05) is 0 Å². The first kappa shape index (κ1) is 63.9. The van der Waals surface area contributed by atoms with Crippen LogP contribution in [-0.4, -0.2) is 38.1 Å². The highest BCUT2D eigenvalue weighted by Gasteiger charge is 2.12. The lowest BCUT2D eigenvalue weighted by Crippen LogP contribution is -2.17. The van der Waals surface area contributed by atoms with E-state index in [2.05, 4.69) is 65.8 Å². The number of hydrogen-bond donors (Lipinski definition) is 0. The van der Waals surface area contributed by atoms with Gasteiger partial charge in [0, 0.05) is 6.42 Å². The molecular weight excluding hydrogens is 791 g/mol. The molecule has 0 bridgehead atoms. The summed E-state index contributed by atoms with van der Waals surface area (Å²) in [6.07, 6.45) is 68.4. The van der Waals surface area contributed by atoms with Crippen LogP contribution < -0.4 is 0 Å². The van der Waals surface area contributed by atoms with Gasteiger partial charge in [-0.05, 0) is 110 Å². The van der Waals surface area contributed by atoms with Crippen LogP contribution in [0.25, 0.3) is 0 Å². The lowest BCUT2D eigenvalue weighted by molar-refractivity contribution is -0.145. The van der Waals surface area contributed by atoms with E-state index >= 15 is 0 Å². The number of rotatable bonds is 53. The Bertz CT molecular complexity index is 1010. The van der Waals surface area contributed by atoms with Crippen LogP contribution in [0.2, 0.25) is 0 Å². The van der Waals surface area contributed by atoms with E-state index in [0.717, 1.165) is 19.4 Å². The lowest BCUT2D eigenvalue weighted by atomic mass is 9.92. The van der Waals surface area contributed by atoms with Crippen molar-refractivity contribution in [2.45, 2.75) is 330 Å². The molecule has 65 heavy (non-hydrogen) atoms. The average molecular weight is 913 g/mol. The van der Waals surface area contributed by atoms with E-state index in [-0.39, 0.29) is 5.97 Å². The fourth-order valence-corrected chi connectivity index (χ4v) is 10.0. The van der Waals surface area contributed by atoms with Crippen LogP contribution in [0, 0.1) is 11.8 Å². The second-order valence-corrected chi connectivity index (χ2v) is 21.8. The van der Waals surface area contributed by atoms with Crippen LogP contribution in [0.3, 0.4) is 0 Å². The quantitative estimate of drug-likeness (QED) is 0.0346. The highest BCUT2D eigenvalue weighted by molar-refractivity contribution is 5.69. The maximum Gasteiger partial charge on any atom is 0.305 e. The van der Waals surface area contributed by atoms with Crippen molar-refractivity contribution in [2.24, 2.45) is 11.8 Å². The number of ether oxygens (including phenoxy) is 1. The molecule has 0 aromatic carbocycles. The van der Waals surface area contributed by atoms with Gasteiger partial charge < -0.3 is 9.64 Å². The largest absolute Gasteiger partial charge is 0.465 e. The molecule has 0 saturated heterocycles. The predicted molar refractivity (Wildman–Crippen MR) is 293 cm³/mol. The Morgan fingerprint density at radius 1 is 0.415 bits per heavy atom. The van der Waals surface area contributed by atoms with Gasteiger partial charge in [-0.2, -0.15) is 0 Å². The minimum atomic E-state index is -0.0320. The Morgan fingerprint density at radius 3 is 1.09 bits per heavy atom. The summed E-state index contributed by atoms with van der Waals surface area (Å²) in [5.74, 6) is 0.905. The number of allylic oxidation sites excluding steroid dienone is 4. The third-order valence-electron chi connectivity index (χ3n) is 14.2. The molecule has 0 amide bonds. The Balaban J connectivity index is 4.78. The number of nitrogens with zero attached hydrogens (tertiary/aromatic N) is 1. The zero-order chi connectivity index (χ0) is 47.5. The summed E-state index contributed by atoms with van der Waals surface area (Å²) in [6, 6.07) is 0. The monoisotopic (exact) mass is 912 g/mol. The molecule has 0 saturated carbocycles. The van der Waals surface area contributed by atoms with E-state index in [1.54, 1.807) is 11.1 Å². The van der Waals surface area contributed by atoms with Crippen molar-refractivity contribution in [1.82, 2.24) is 4.90 Å². The molecule has 2 atom stereocenters. The summed E-state index contributed by atoms with van der Waals surface area (Å²) in [4.78, 5) is 14.4.